The standard InChI is InChI=1S/FH.4H2O.Ru/h1H;4*1H2;. The van der Waals surface area contributed by atoms with E-state index in [1.165, 1.54) is 0 Å². The van der Waals surface area contributed by atoms with Gasteiger partial charge in [-0.1, -0.05) is 0 Å². The zero-order valence-electron chi connectivity index (χ0n) is 2.76. The minimum absolute atomic E-state index is 0. The third-order valence-electron chi connectivity index (χ3n) is 0. The van der Waals surface area contributed by atoms with E-state index in [1.807, 2.05) is 0 Å². The van der Waals surface area contributed by atoms with Crippen molar-refractivity contribution in [3.05, 3.63) is 0 Å². The number of hydrogen-bond acceptors (Lipinski definition) is 0. The minimum Gasteiger partial charge on any atom is -0.412 e. The van der Waals surface area contributed by atoms with Crippen molar-refractivity contribution < 1.29 is 46.1 Å². The van der Waals surface area contributed by atoms with Crippen LogP contribution in [0.4, 0.5) is 4.70 Å². The molecule has 4 nitrogen and oxygen atoms in total. The van der Waals surface area contributed by atoms with Gasteiger partial charge in [0.2, 0.25) is 0 Å². The van der Waals surface area contributed by atoms with Crippen molar-refractivity contribution in [1.29, 1.82) is 0 Å². The smallest absolute Gasteiger partial charge is 0 e. The summed E-state index contributed by atoms with van der Waals surface area (Å²) in [6.07, 6.45) is 0. The molecule has 0 unspecified atom stereocenters. The van der Waals surface area contributed by atoms with E-state index in [0.717, 1.165) is 0 Å². The second-order valence-corrected chi connectivity index (χ2v) is 0. The Balaban J connectivity index is 0. The van der Waals surface area contributed by atoms with Crippen LogP contribution in [0.15, 0.2) is 0 Å². The van der Waals surface area contributed by atoms with Crippen molar-refractivity contribution in [2.45, 2.75) is 0 Å². The van der Waals surface area contributed by atoms with E-state index in [1.54, 1.807) is 0 Å². The first-order chi connectivity index (χ1) is 0. The molecule has 0 saturated heterocycles. The Morgan fingerprint density at radius 2 is 0.500 bits per heavy atom. The van der Waals surface area contributed by atoms with Gasteiger partial charge in [0.15, 0.2) is 0 Å². The summed E-state index contributed by atoms with van der Waals surface area (Å²) in [5, 5.41) is 0. The summed E-state index contributed by atoms with van der Waals surface area (Å²) in [6, 6.07) is 0. The quantitative estimate of drug-likeness (QED) is 0.360. The molecule has 0 heterocycles. The van der Waals surface area contributed by atoms with E-state index >= 15 is 0 Å². The van der Waals surface area contributed by atoms with Crippen LogP contribution in [-0.2, 0) is 19.5 Å². The van der Waals surface area contributed by atoms with Crippen LogP contribution in [0, 0.1) is 0 Å². The molecule has 8 N–H and O–H groups in total. The third-order valence-corrected chi connectivity index (χ3v) is 0. The molecule has 0 atom stereocenters. The summed E-state index contributed by atoms with van der Waals surface area (Å²) in [7, 11) is 0. The molecule has 0 fully saturated rings. The Hall–Kier alpha value is 0.393. The molecule has 0 aliphatic heterocycles. The monoisotopic (exact) mass is 194 g/mol. The van der Waals surface area contributed by atoms with Crippen LogP contribution in [0.1, 0.15) is 0 Å². The average molecular weight is 193 g/mol. The summed E-state index contributed by atoms with van der Waals surface area (Å²) >= 11 is 0. The molecule has 0 saturated carbocycles. The van der Waals surface area contributed by atoms with Gasteiger partial charge in [0.25, 0.3) is 0 Å². The van der Waals surface area contributed by atoms with Crippen LogP contribution in [0.25, 0.3) is 0 Å². The van der Waals surface area contributed by atoms with Crippen LogP contribution in [0.5, 0.6) is 0 Å². The van der Waals surface area contributed by atoms with Crippen molar-refractivity contribution in [3.63, 3.8) is 0 Å². The van der Waals surface area contributed by atoms with E-state index < -0.39 is 0 Å². The van der Waals surface area contributed by atoms with Gasteiger partial charge in [0.05, 0.1) is 0 Å². The topological polar surface area (TPSA) is 126 Å². The van der Waals surface area contributed by atoms with Crippen LogP contribution >= 0.6 is 0 Å². The second-order valence-electron chi connectivity index (χ2n) is 0. The Bertz CT molecular complexity index is 7.51. The van der Waals surface area contributed by atoms with Crippen molar-refractivity contribution in [1.82, 2.24) is 0 Å². The van der Waals surface area contributed by atoms with Crippen molar-refractivity contribution in [2.24, 2.45) is 0 Å². The van der Waals surface area contributed by atoms with Gasteiger partial charge in [0, 0.05) is 19.5 Å². The van der Waals surface area contributed by atoms with Gasteiger partial charge in [-0.05, 0) is 0 Å². The molecule has 0 rings (SSSR count). The molecule has 48 valence electrons. The van der Waals surface area contributed by atoms with Crippen LogP contribution < -0.4 is 0 Å². The molecular weight excluding hydrogens is 184 g/mol. The largest absolute Gasteiger partial charge is 0.412 e. The van der Waals surface area contributed by atoms with Crippen LogP contribution in [0.2, 0.25) is 0 Å². The summed E-state index contributed by atoms with van der Waals surface area (Å²) in [5.74, 6) is 0. The van der Waals surface area contributed by atoms with E-state index in [9.17, 15) is 0 Å². The predicted molar refractivity (Wildman–Crippen MR) is 17.0 cm³/mol. The second kappa shape index (κ2) is 673. The summed E-state index contributed by atoms with van der Waals surface area (Å²) < 4.78 is 0. The fraction of sp³-hybridized carbons (Fsp3) is 0. The van der Waals surface area contributed by atoms with Gasteiger partial charge in [0.1, 0.15) is 0 Å². The van der Waals surface area contributed by atoms with Gasteiger partial charge < -0.3 is 21.9 Å². The molecule has 0 spiro atoms. The average Bonchev–Trinajstić information content (AvgIpc) is 0. The minimum atomic E-state index is 0. The van der Waals surface area contributed by atoms with E-state index in [0.29, 0.717) is 0 Å². The fourth-order valence-corrected chi connectivity index (χ4v) is 0. The van der Waals surface area contributed by atoms with Gasteiger partial charge in [-0.3, -0.25) is 4.70 Å². The summed E-state index contributed by atoms with van der Waals surface area (Å²) in [5.41, 5.74) is 0. The molecule has 6 heavy (non-hydrogen) atoms. The maximum Gasteiger partial charge on any atom is 0 e. The zero-order chi connectivity index (χ0) is 0. The zero-order valence-corrected chi connectivity index (χ0v) is 4.50. The molecule has 0 aliphatic rings. The SMILES string of the molecule is F.O.O.O.O.[Ru]. The number of rotatable bonds is 0. The summed E-state index contributed by atoms with van der Waals surface area (Å²) in [6.45, 7) is 0. The Labute approximate surface area is 46.9 Å². The van der Waals surface area contributed by atoms with E-state index in [2.05, 4.69) is 0 Å². The first kappa shape index (κ1) is 1200. The van der Waals surface area contributed by atoms with Gasteiger partial charge in [-0.25, -0.2) is 0 Å². The normalized spacial score (nSPS) is 0. The van der Waals surface area contributed by atoms with Crippen LogP contribution in [-0.4, -0.2) is 21.9 Å². The molecule has 0 aromatic heterocycles. The number of hydrogen-bond donors (Lipinski definition) is 0. The van der Waals surface area contributed by atoms with Gasteiger partial charge in [-0.2, -0.15) is 0 Å². The molecule has 0 amide bonds. The molecule has 0 aromatic carbocycles. The van der Waals surface area contributed by atoms with Crippen LogP contribution in [0.3, 0.4) is 0 Å². The summed E-state index contributed by atoms with van der Waals surface area (Å²) in [4.78, 5) is 0. The predicted octanol–water partition coefficient (Wildman–Crippen LogP) is -3.15. The Morgan fingerprint density at radius 3 is 0.500 bits per heavy atom. The Kier molecular flexibility index (Phi) is 135000. The maximum atomic E-state index is 0. The number of halogens is 1. The molecule has 0 bridgehead atoms. The van der Waals surface area contributed by atoms with E-state index in [4.69, 9.17) is 0 Å². The Morgan fingerprint density at radius 1 is 0.500 bits per heavy atom. The van der Waals surface area contributed by atoms with Crippen molar-refractivity contribution in [2.75, 3.05) is 0 Å². The van der Waals surface area contributed by atoms with Crippen molar-refractivity contribution in [3.8, 4) is 0 Å². The molecule has 0 radical (unpaired) electrons. The van der Waals surface area contributed by atoms with E-state index in [-0.39, 0.29) is 46.1 Å². The fourth-order valence-electron chi connectivity index (χ4n) is 0. The first-order valence-electron chi connectivity index (χ1n) is 0. The first-order valence-corrected chi connectivity index (χ1v) is 0. The van der Waals surface area contributed by atoms with Crippen molar-refractivity contribution >= 4 is 0 Å². The molecule has 0 aromatic rings. The molecule has 0 aliphatic carbocycles. The molecule has 6 heteroatoms. The maximum absolute atomic E-state index is 0. The molecular formula is H9FO4Ru. The third kappa shape index (κ3) is 327. The van der Waals surface area contributed by atoms with Gasteiger partial charge in [-0.15, -0.1) is 0 Å². The van der Waals surface area contributed by atoms with Gasteiger partial charge >= 0.3 is 0 Å².